The van der Waals surface area contributed by atoms with E-state index in [2.05, 4.69) is 15.3 Å². The quantitative estimate of drug-likeness (QED) is 0.277. The van der Waals surface area contributed by atoms with Gasteiger partial charge in [-0.15, -0.1) is 0 Å². The lowest BCUT2D eigenvalue weighted by atomic mass is 10.1. The summed E-state index contributed by atoms with van der Waals surface area (Å²) in [7, 11) is -3.75. The van der Waals surface area contributed by atoms with Gasteiger partial charge in [-0.05, 0) is 66.9 Å². The summed E-state index contributed by atoms with van der Waals surface area (Å²) < 4.78 is 30.7. The number of sulfone groups is 1. The largest absolute Gasteiger partial charge is 0.467 e. The van der Waals surface area contributed by atoms with Crippen LogP contribution >= 0.6 is 11.6 Å². The van der Waals surface area contributed by atoms with E-state index in [9.17, 15) is 13.2 Å². The highest BCUT2D eigenvalue weighted by atomic mass is 35.5. The summed E-state index contributed by atoms with van der Waals surface area (Å²) in [5.74, 6) is -0.0973. The second kappa shape index (κ2) is 11.1. The SMILES string of the molecule is CCS(=O)(=O)c1ncc(N(Cc2cccc(Cl)c2)Cc2ccco2)c(C(=O)Nc2ccc(C)c(C)c2)n1. The Morgan fingerprint density at radius 2 is 1.86 bits per heavy atom. The first-order chi connectivity index (χ1) is 17.7. The zero-order valence-electron chi connectivity index (χ0n) is 20.7. The Morgan fingerprint density at radius 3 is 2.54 bits per heavy atom. The van der Waals surface area contributed by atoms with Gasteiger partial charge in [0.2, 0.25) is 15.0 Å². The molecule has 0 fully saturated rings. The number of carbonyl (C=O) groups is 1. The Kier molecular flexibility index (Phi) is 7.94. The number of furan rings is 1. The molecule has 0 radical (unpaired) electrons. The van der Waals surface area contributed by atoms with E-state index < -0.39 is 20.9 Å². The lowest BCUT2D eigenvalue weighted by Crippen LogP contribution is -2.27. The molecule has 1 N–H and O–H groups in total. The summed E-state index contributed by atoms with van der Waals surface area (Å²) >= 11 is 6.21. The van der Waals surface area contributed by atoms with Crippen molar-refractivity contribution in [1.82, 2.24) is 9.97 Å². The molecular formula is C27H27ClN4O4S. The van der Waals surface area contributed by atoms with Crippen molar-refractivity contribution in [3.05, 3.63) is 100 Å². The molecule has 0 aliphatic carbocycles. The van der Waals surface area contributed by atoms with Crippen LogP contribution in [0.2, 0.25) is 5.02 Å². The van der Waals surface area contributed by atoms with E-state index in [4.69, 9.17) is 16.0 Å². The van der Waals surface area contributed by atoms with Crippen LogP contribution in [0, 0.1) is 13.8 Å². The number of hydrogen-bond acceptors (Lipinski definition) is 7. The van der Waals surface area contributed by atoms with Gasteiger partial charge in [0.25, 0.3) is 5.91 Å². The van der Waals surface area contributed by atoms with Crippen LogP contribution < -0.4 is 10.2 Å². The maximum Gasteiger partial charge on any atom is 0.276 e. The Hall–Kier alpha value is -3.69. The van der Waals surface area contributed by atoms with Crippen molar-refractivity contribution in [2.75, 3.05) is 16.0 Å². The van der Waals surface area contributed by atoms with Gasteiger partial charge in [-0.2, -0.15) is 0 Å². The maximum absolute atomic E-state index is 13.5. The van der Waals surface area contributed by atoms with Crippen LogP contribution in [0.15, 0.2) is 76.6 Å². The number of anilines is 2. The van der Waals surface area contributed by atoms with Crippen LogP contribution in [0.3, 0.4) is 0 Å². The summed E-state index contributed by atoms with van der Waals surface area (Å²) in [5.41, 5.74) is 3.84. The number of rotatable bonds is 9. The Labute approximate surface area is 221 Å². The average molecular weight is 539 g/mol. The lowest BCUT2D eigenvalue weighted by Gasteiger charge is -2.25. The molecule has 4 aromatic rings. The minimum Gasteiger partial charge on any atom is -0.467 e. The number of nitrogens with one attached hydrogen (secondary N) is 1. The predicted molar refractivity (Wildman–Crippen MR) is 144 cm³/mol. The molecule has 2 heterocycles. The molecule has 4 rings (SSSR count). The molecule has 0 unspecified atom stereocenters. The van der Waals surface area contributed by atoms with Crippen molar-refractivity contribution >= 4 is 38.7 Å². The van der Waals surface area contributed by atoms with Crippen LogP contribution in [0.4, 0.5) is 11.4 Å². The van der Waals surface area contributed by atoms with Gasteiger partial charge in [0, 0.05) is 17.3 Å². The Morgan fingerprint density at radius 1 is 1.05 bits per heavy atom. The van der Waals surface area contributed by atoms with Crippen molar-refractivity contribution in [1.29, 1.82) is 0 Å². The second-order valence-corrected chi connectivity index (χ2v) is 11.2. The third-order valence-corrected chi connectivity index (χ3v) is 7.66. The standard InChI is InChI=1S/C27H27ClN4O4S/c1-4-37(34,35)27-29-15-24(25(31-27)26(33)30-22-11-10-18(2)19(3)13-22)32(17-23-9-6-12-36-23)16-20-7-5-8-21(28)14-20/h5-15H,4,16-17H2,1-3H3,(H,30,33). The smallest absolute Gasteiger partial charge is 0.276 e. The van der Waals surface area contributed by atoms with Gasteiger partial charge < -0.3 is 14.6 Å². The van der Waals surface area contributed by atoms with Crippen LogP contribution in [-0.2, 0) is 22.9 Å². The van der Waals surface area contributed by atoms with Crippen LogP contribution in [0.5, 0.6) is 0 Å². The molecule has 0 saturated heterocycles. The van der Waals surface area contributed by atoms with Crippen molar-refractivity contribution in [2.45, 2.75) is 39.0 Å². The van der Waals surface area contributed by atoms with Crippen molar-refractivity contribution in [2.24, 2.45) is 0 Å². The number of halogens is 1. The third-order valence-electron chi connectivity index (χ3n) is 5.92. The molecule has 1 amide bonds. The van der Waals surface area contributed by atoms with Crippen LogP contribution in [-0.4, -0.2) is 30.0 Å². The van der Waals surface area contributed by atoms with Gasteiger partial charge in [0.05, 0.1) is 30.4 Å². The van der Waals surface area contributed by atoms with Crippen LogP contribution in [0.1, 0.15) is 39.9 Å². The average Bonchev–Trinajstić information content (AvgIpc) is 3.39. The molecule has 0 bridgehead atoms. The summed E-state index contributed by atoms with van der Waals surface area (Å²) in [4.78, 5) is 23.8. The molecule has 37 heavy (non-hydrogen) atoms. The minimum absolute atomic E-state index is 0.0613. The molecule has 10 heteroatoms. The molecule has 8 nitrogen and oxygen atoms in total. The van der Waals surface area contributed by atoms with Gasteiger partial charge in [0.15, 0.2) is 5.69 Å². The number of hydrogen-bond donors (Lipinski definition) is 1. The first-order valence-electron chi connectivity index (χ1n) is 11.7. The number of aryl methyl sites for hydroxylation is 2. The monoisotopic (exact) mass is 538 g/mol. The van der Waals surface area contributed by atoms with Gasteiger partial charge in [0.1, 0.15) is 5.76 Å². The number of nitrogens with zero attached hydrogens (tertiary/aromatic N) is 3. The van der Waals surface area contributed by atoms with E-state index in [0.717, 1.165) is 16.7 Å². The number of aromatic nitrogens is 2. The summed E-state index contributed by atoms with van der Waals surface area (Å²) in [6.45, 7) is 6.06. The maximum atomic E-state index is 13.5. The lowest BCUT2D eigenvalue weighted by molar-refractivity contribution is 0.102. The van der Waals surface area contributed by atoms with E-state index in [0.29, 0.717) is 28.7 Å². The zero-order chi connectivity index (χ0) is 26.6. The van der Waals surface area contributed by atoms with Crippen molar-refractivity contribution < 1.29 is 17.6 Å². The van der Waals surface area contributed by atoms with Gasteiger partial charge in [-0.3, -0.25) is 4.79 Å². The van der Waals surface area contributed by atoms with E-state index in [1.165, 1.54) is 13.1 Å². The molecule has 0 aliphatic rings. The number of carbonyl (C=O) groups excluding carboxylic acids is 1. The molecular weight excluding hydrogens is 512 g/mol. The third kappa shape index (κ3) is 6.36. The highest BCUT2D eigenvalue weighted by Crippen LogP contribution is 2.26. The normalized spacial score (nSPS) is 11.4. The van der Waals surface area contributed by atoms with Crippen molar-refractivity contribution in [3.8, 4) is 0 Å². The number of amides is 1. The topological polar surface area (TPSA) is 105 Å². The van der Waals surface area contributed by atoms with E-state index >= 15 is 0 Å². The van der Waals surface area contributed by atoms with E-state index in [1.54, 1.807) is 24.5 Å². The molecule has 0 spiro atoms. The molecule has 2 aromatic heterocycles. The predicted octanol–water partition coefficient (Wildman–Crippen LogP) is 5.59. The fourth-order valence-corrected chi connectivity index (χ4v) is 4.63. The fraction of sp³-hybridized carbons (Fsp3) is 0.222. The molecule has 192 valence electrons. The van der Waals surface area contributed by atoms with Gasteiger partial charge >= 0.3 is 0 Å². The van der Waals surface area contributed by atoms with Crippen LogP contribution in [0.25, 0.3) is 0 Å². The molecule has 2 aromatic carbocycles. The summed E-state index contributed by atoms with van der Waals surface area (Å²) in [6.07, 6.45) is 2.94. The molecule has 0 atom stereocenters. The Balaban J connectivity index is 1.80. The Bertz CT molecular complexity index is 1520. The minimum atomic E-state index is -3.75. The highest BCUT2D eigenvalue weighted by Gasteiger charge is 2.25. The second-order valence-electron chi connectivity index (χ2n) is 8.61. The van der Waals surface area contributed by atoms with Gasteiger partial charge in [-0.1, -0.05) is 36.7 Å². The van der Waals surface area contributed by atoms with Crippen molar-refractivity contribution in [3.63, 3.8) is 0 Å². The first kappa shape index (κ1) is 26.4. The molecule has 0 aliphatic heterocycles. The molecule has 0 saturated carbocycles. The highest BCUT2D eigenvalue weighted by molar-refractivity contribution is 7.91. The van der Waals surface area contributed by atoms with Gasteiger partial charge in [-0.25, -0.2) is 18.4 Å². The number of benzene rings is 2. The van der Waals surface area contributed by atoms with E-state index in [-0.39, 0.29) is 18.0 Å². The summed E-state index contributed by atoms with van der Waals surface area (Å²) in [6, 6.07) is 16.5. The first-order valence-corrected chi connectivity index (χ1v) is 13.7. The summed E-state index contributed by atoms with van der Waals surface area (Å²) in [5, 5.41) is 3.03. The zero-order valence-corrected chi connectivity index (χ0v) is 22.3. The van der Waals surface area contributed by atoms with E-state index in [1.807, 2.05) is 55.1 Å². The fourth-order valence-electron chi connectivity index (χ4n) is 3.72.